The second-order valence-corrected chi connectivity index (χ2v) is 4.20. The molecule has 0 saturated heterocycles. The van der Waals surface area contributed by atoms with Gasteiger partial charge in [-0.05, 0) is 12.1 Å². The van der Waals surface area contributed by atoms with E-state index in [9.17, 15) is 9.59 Å². The lowest BCUT2D eigenvalue weighted by molar-refractivity contribution is 0.0646. The first-order valence-corrected chi connectivity index (χ1v) is 5.76. The number of aromatic nitrogens is 3. The molecule has 0 saturated carbocycles. The lowest BCUT2D eigenvalue weighted by Gasteiger charge is -2.12. The van der Waals surface area contributed by atoms with E-state index in [1.807, 2.05) is 0 Å². The topological polar surface area (TPSA) is 94.1 Å². The first-order valence-electron chi connectivity index (χ1n) is 5.76. The van der Waals surface area contributed by atoms with E-state index in [0.29, 0.717) is 17.8 Å². The molecule has 0 atom stereocenters. The van der Waals surface area contributed by atoms with Crippen LogP contribution in [-0.2, 0) is 6.54 Å². The molecule has 19 heavy (non-hydrogen) atoms. The summed E-state index contributed by atoms with van der Waals surface area (Å²) in [5, 5.41) is 4.00. The van der Waals surface area contributed by atoms with Crippen molar-refractivity contribution < 1.29 is 9.59 Å². The van der Waals surface area contributed by atoms with Crippen LogP contribution in [0.5, 0.6) is 0 Å². The molecule has 0 unspecified atom stereocenters. The number of nitrogen functional groups attached to an aromatic ring is 1. The summed E-state index contributed by atoms with van der Waals surface area (Å²) in [5.74, 6) is -0.672. The van der Waals surface area contributed by atoms with Crippen LogP contribution in [0.2, 0.25) is 0 Å². The Morgan fingerprint density at radius 1 is 1.21 bits per heavy atom. The van der Waals surface area contributed by atoms with Gasteiger partial charge >= 0.3 is 0 Å². The SMILES string of the molecule is Nc1cnn(CCN2C(=O)c3cccnc3C2=O)c1. The van der Waals surface area contributed by atoms with Crippen LogP contribution in [-0.4, -0.2) is 38.0 Å². The molecule has 2 N–H and O–H groups in total. The molecule has 0 radical (unpaired) electrons. The highest BCUT2D eigenvalue weighted by molar-refractivity contribution is 6.20. The zero-order chi connectivity index (χ0) is 13.4. The Bertz CT molecular complexity index is 629. The van der Waals surface area contributed by atoms with Gasteiger partial charge in [-0.3, -0.25) is 24.2 Å². The number of pyridine rings is 1. The van der Waals surface area contributed by atoms with E-state index in [-0.39, 0.29) is 24.1 Å². The quantitative estimate of drug-likeness (QED) is 0.790. The third kappa shape index (κ3) is 1.85. The highest BCUT2D eigenvalue weighted by Gasteiger charge is 2.36. The number of nitrogens with zero attached hydrogens (tertiary/aromatic N) is 4. The molecule has 1 aliphatic heterocycles. The Labute approximate surface area is 108 Å². The molecule has 2 amide bonds. The Hall–Kier alpha value is -2.70. The lowest BCUT2D eigenvalue weighted by atomic mass is 10.2. The van der Waals surface area contributed by atoms with Crippen molar-refractivity contribution in [3.05, 3.63) is 42.0 Å². The first kappa shape index (κ1) is 11.4. The van der Waals surface area contributed by atoms with Crippen LogP contribution in [0.3, 0.4) is 0 Å². The molecule has 2 aromatic heterocycles. The number of hydrogen-bond acceptors (Lipinski definition) is 5. The second kappa shape index (κ2) is 4.20. The van der Waals surface area contributed by atoms with Gasteiger partial charge in [-0.15, -0.1) is 0 Å². The molecule has 96 valence electrons. The molecule has 2 aromatic rings. The van der Waals surface area contributed by atoms with E-state index in [1.165, 1.54) is 17.3 Å². The number of imide groups is 1. The monoisotopic (exact) mass is 257 g/mol. The number of hydrogen-bond donors (Lipinski definition) is 1. The zero-order valence-corrected chi connectivity index (χ0v) is 9.98. The minimum Gasteiger partial charge on any atom is -0.396 e. The van der Waals surface area contributed by atoms with Crippen LogP contribution < -0.4 is 5.73 Å². The maximum absolute atomic E-state index is 12.0. The predicted molar refractivity (Wildman–Crippen MR) is 66.2 cm³/mol. The highest BCUT2D eigenvalue weighted by Crippen LogP contribution is 2.20. The van der Waals surface area contributed by atoms with Gasteiger partial charge in [0, 0.05) is 18.9 Å². The van der Waals surface area contributed by atoms with Gasteiger partial charge in [0.15, 0.2) is 0 Å². The van der Waals surface area contributed by atoms with Crippen LogP contribution in [0.15, 0.2) is 30.7 Å². The number of anilines is 1. The van der Waals surface area contributed by atoms with Crippen LogP contribution in [0.1, 0.15) is 20.8 Å². The van der Waals surface area contributed by atoms with Crippen molar-refractivity contribution in [2.24, 2.45) is 0 Å². The number of amides is 2. The summed E-state index contributed by atoms with van der Waals surface area (Å²) in [5.41, 5.74) is 6.66. The smallest absolute Gasteiger partial charge is 0.280 e. The normalized spacial score (nSPS) is 14.0. The van der Waals surface area contributed by atoms with Crippen LogP contribution >= 0.6 is 0 Å². The van der Waals surface area contributed by atoms with Crippen molar-refractivity contribution in [1.82, 2.24) is 19.7 Å². The van der Waals surface area contributed by atoms with Gasteiger partial charge in [0.2, 0.25) is 0 Å². The van der Waals surface area contributed by atoms with Crippen molar-refractivity contribution in [2.45, 2.75) is 6.54 Å². The van der Waals surface area contributed by atoms with E-state index in [2.05, 4.69) is 10.1 Å². The number of fused-ring (bicyclic) bond motifs is 1. The molecular weight excluding hydrogens is 246 g/mol. The van der Waals surface area contributed by atoms with E-state index in [0.717, 1.165) is 0 Å². The maximum atomic E-state index is 12.0. The van der Waals surface area contributed by atoms with Crippen LogP contribution in [0.4, 0.5) is 5.69 Å². The highest BCUT2D eigenvalue weighted by atomic mass is 16.2. The minimum absolute atomic E-state index is 0.215. The largest absolute Gasteiger partial charge is 0.396 e. The summed E-state index contributed by atoms with van der Waals surface area (Å²) in [4.78, 5) is 29.2. The summed E-state index contributed by atoms with van der Waals surface area (Å²) >= 11 is 0. The molecule has 0 aliphatic carbocycles. The van der Waals surface area contributed by atoms with Crippen LogP contribution in [0.25, 0.3) is 0 Å². The molecule has 0 fully saturated rings. The molecule has 0 spiro atoms. The summed E-state index contributed by atoms with van der Waals surface area (Å²) in [7, 11) is 0. The fourth-order valence-electron chi connectivity index (χ4n) is 2.02. The summed E-state index contributed by atoms with van der Waals surface area (Å²) in [6.07, 6.45) is 4.67. The Morgan fingerprint density at radius 2 is 2.05 bits per heavy atom. The van der Waals surface area contributed by atoms with Gasteiger partial charge in [0.25, 0.3) is 11.8 Å². The number of nitrogens with two attached hydrogens (primary N) is 1. The van der Waals surface area contributed by atoms with Gasteiger partial charge in [-0.25, -0.2) is 0 Å². The minimum atomic E-state index is -0.360. The molecule has 0 aromatic carbocycles. The van der Waals surface area contributed by atoms with Gasteiger partial charge in [0.1, 0.15) is 5.69 Å². The molecule has 7 nitrogen and oxygen atoms in total. The Morgan fingerprint density at radius 3 is 2.74 bits per heavy atom. The molecule has 0 bridgehead atoms. The van der Waals surface area contributed by atoms with Crippen molar-refractivity contribution in [2.75, 3.05) is 12.3 Å². The van der Waals surface area contributed by atoms with Gasteiger partial charge in [-0.2, -0.15) is 5.10 Å². The fraction of sp³-hybridized carbons (Fsp3) is 0.167. The standard InChI is InChI=1S/C12H11N5O2/c13-8-6-15-16(7-8)4-5-17-11(18)9-2-1-3-14-10(9)12(17)19/h1-3,6-7H,4-5,13H2. The average molecular weight is 257 g/mol. The molecule has 3 heterocycles. The maximum Gasteiger partial charge on any atom is 0.280 e. The van der Waals surface area contributed by atoms with Gasteiger partial charge < -0.3 is 5.73 Å². The molecule has 3 rings (SSSR count). The molecular formula is C12H11N5O2. The second-order valence-electron chi connectivity index (χ2n) is 4.20. The van der Waals surface area contributed by atoms with E-state index < -0.39 is 0 Å². The number of carbonyl (C=O) groups excluding carboxylic acids is 2. The van der Waals surface area contributed by atoms with E-state index >= 15 is 0 Å². The van der Waals surface area contributed by atoms with Gasteiger partial charge in [0.05, 0.1) is 24.0 Å². The fourth-order valence-corrected chi connectivity index (χ4v) is 2.02. The Kier molecular flexibility index (Phi) is 2.52. The summed E-state index contributed by atoms with van der Waals surface area (Å²) in [6, 6.07) is 3.25. The Balaban J connectivity index is 1.77. The number of rotatable bonds is 3. The molecule has 1 aliphatic rings. The van der Waals surface area contributed by atoms with Crippen LogP contribution in [0, 0.1) is 0 Å². The van der Waals surface area contributed by atoms with Gasteiger partial charge in [-0.1, -0.05) is 0 Å². The van der Waals surface area contributed by atoms with E-state index in [1.54, 1.807) is 23.0 Å². The average Bonchev–Trinajstić information content (AvgIpc) is 2.93. The molecule has 7 heteroatoms. The summed E-state index contributed by atoms with van der Waals surface area (Å²) < 4.78 is 1.59. The number of carbonyl (C=O) groups is 2. The summed E-state index contributed by atoms with van der Waals surface area (Å²) in [6.45, 7) is 0.651. The third-order valence-electron chi connectivity index (χ3n) is 2.94. The first-order chi connectivity index (χ1) is 9.16. The van der Waals surface area contributed by atoms with Crippen molar-refractivity contribution in [1.29, 1.82) is 0 Å². The zero-order valence-electron chi connectivity index (χ0n) is 9.98. The lowest BCUT2D eigenvalue weighted by Crippen LogP contribution is -2.33. The van der Waals surface area contributed by atoms with Crippen molar-refractivity contribution in [3.63, 3.8) is 0 Å². The van der Waals surface area contributed by atoms with Crippen molar-refractivity contribution in [3.8, 4) is 0 Å². The van der Waals surface area contributed by atoms with E-state index in [4.69, 9.17) is 5.73 Å². The van der Waals surface area contributed by atoms with Crippen molar-refractivity contribution >= 4 is 17.5 Å². The third-order valence-corrected chi connectivity index (χ3v) is 2.94. The predicted octanol–water partition coefficient (Wildman–Crippen LogP) is 0.156.